The highest BCUT2D eigenvalue weighted by atomic mass is 32.2. The fourth-order valence-corrected chi connectivity index (χ4v) is 4.93. The van der Waals surface area contributed by atoms with Gasteiger partial charge in [0.05, 0.1) is 25.4 Å². The van der Waals surface area contributed by atoms with Crippen LogP contribution < -0.4 is 14.5 Å². The van der Waals surface area contributed by atoms with E-state index in [1.54, 1.807) is 0 Å². The highest BCUT2D eigenvalue weighted by molar-refractivity contribution is 7.89. The third-order valence-corrected chi connectivity index (χ3v) is 6.91. The molecular weight excluding hydrogens is 370 g/mol. The number of hydrogen-bond donors (Lipinski definition) is 2. The van der Waals surface area contributed by atoms with E-state index in [2.05, 4.69) is 33.9 Å². The summed E-state index contributed by atoms with van der Waals surface area (Å²) in [7, 11) is 0.748. The zero-order valence-corrected chi connectivity index (χ0v) is 17.7. The average Bonchev–Trinajstić information content (AvgIpc) is 3.22. The molecule has 0 aliphatic carbocycles. The van der Waals surface area contributed by atoms with Crippen molar-refractivity contribution in [2.24, 2.45) is 0 Å². The summed E-state index contributed by atoms with van der Waals surface area (Å²) in [5, 5.41) is 0. The molecule has 2 N–H and O–H groups in total. The van der Waals surface area contributed by atoms with Gasteiger partial charge in [0.1, 0.15) is 6.04 Å². The molecule has 2 aromatic rings. The van der Waals surface area contributed by atoms with Gasteiger partial charge in [-0.3, -0.25) is 0 Å². The van der Waals surface area contributed by atoms with Crippen LogP contribution in [-0.4, -0.2) is 47.9 Å². The zero-order valence-electron chi connectivity index (χ0n) is 16.9. The Morgan fingerprint density at radius 2 is 1.64 bits per heavy atom. The number of quaternary nitrogens is 1. The minimum absolute atomic E-state index is 0.124. The minimum atomic E-state index is -3.31. The van der Waals surface area contributed by atoms with Crippen LogP contribution in [0.4, 0.5) is 5.69 Å². The van der Waals surface area contributed by atoms with Crippen molar-refractivity contribution in [3.63, 3.8) is 0 Å². The molecule has 152 valence electrons. The summed E-state index contributed by atoms with van der Waals surface area (Å²) in [6.07, 6.45) is 2.96. The third kappa shape index (κ3) is 5.80. The van der Waals surface area contributed by atoms with Crippen molar-refractivity contribution in [3.05, 3.63) is 65.7 Å². The number of benzene rings is 2. The van der Waals surface area contributed by atoms with E-state index in [4.69, 9.17) is 0 Å². The Kier molecular flexibility index (Phi) is 7.10. The van der Waals surface area contributed by atoms with Crippen LogP contribution in [0.5, 0.6) is 0 Å². The van der Waals surface area contributed by atoms with E-state index in [0.717, 1.165) is 24.3 Å². The molecule has 0 bridgehead atoms. The molecule has 28 heavy (non-hydrogen) atoms. The van der Waals surface area contributed by atoms with E-state index >= 15 is 0 Å². The number of anilines is 1. The lowest BCUT2D eigenvalue weighted by molar-refractivity contribution is -0.918. The van der Waals surface area contributed by atoms with Gasteiger partial charge in [-0.25, -0.2) is 13.1 Å². The normalized spacial score (nSPS) is 16.2. The van der Waals surface area contributed by atoms with Crippen LogP contribution in [-0.2, 0) is 16.4 Å². The average molecular weight is 403 g/mol. The van der Waals surface area contributed by atoms with Crippen molar-refractivity contribution in [1.82, 2.24) is 4.72 Å². The molecule has 1 fully saturated rings. The Labute approximate surface area is 169 Å². The van der Waals surface area contributed by atoms with Gasteiger partial charge in [0.25, 0.3) is 0 Å². The summed E-state index contributed by atoms with van der Waals surface area (Å²) < 4.78 is 28.0. The predicted octanol–water partition coefficient (Wildman–Crippen LogP) is 1.63. The van der Waals surface area contributed by atoms with Crippen LogP contribution in [0.2, 0.25) is 0 Å². The van der Waals surface area contributed by atoms with Gasteiger partial charge in [-0.1, -0.05) is 42.5 Å². The number of nitrogens with one attached hydrogen (secondary N) is 2. The van der Waals surface area contributed by atoms with E-state index in [1.165, 1.54) is 23.3 Å². The molecular formula is C22H32N3O2S+. The fourth-order valence-electron chi connectivity index (χ4n) is 3.86. The molecule has 1 aliphatic heterocycles. The molecule has 5 nitrogen and oxygen atoms in total. The Balaban J connectivity index is 1.65. The molecule has 1 aliphatic rings. The van der Waals surface area contributed by atoms with Crippen molar-refractivity contribution in [3.8, 4) is 0 Å². The number of nitrogens with zero attached hydrogens (tertiary/aromatic N) is 1. The van der Waals surface area contributed by atoms with Gasteiger partial charge in [0, 0.05) is 38.2 Å². The van der Waals surface area contributed by atoms with E-state index in [1.807, 2.05) is 44.4 Å². The predicted molar refractivity (Wildman–Crippen MR) is 115 cm³/mol. The van der Waals surface area contributed by atoms with Gasteiger partial charge in [0.2, 0.25) is 10.0 Å². The summed E-state index contributed by atoms with van der Waals surface area (Å²) in [4.78, 5) is 3.55. The topological polar surface area (TPSA) is 53.9 Å². The lowest BCUT2D eigenvalue weighted by Crippen LogP contribution is -3.11. The number of aryl methyl sites for hydroxylation is 1. The second kappa shape index (κ2) is 9.54. The molecule has 1 saturated heterocycles. The van der Waals surface area contributed by atoms with Crippen LogP contribution in [0.15, 0.2) is 54.6 Å². The molecule has 0 radical (unpaired) electrons. The first-order valence-corrected chi connectivity index (χ1v) is 11.7. The van der Waals surface area contributed by atoms with Gasteiger partial charge in [-0.2, -0.15) is 0 Å². The van der Waals surface area contributed by atoms with Crippen LogP contribution in [0.25, 0.3) is 0 Å². The first-order chi connectivity index (χ1) is 13.4. The summed E-state index contributed by atoms with van der Waals surface area (Å²) in [5.74, 6) is 0.124. The third-order valence-electron chi connectivity index (χ3n) is 5.56. The lowest BCUT2D eigenvalue weighted by Gasteiger charge is -2.26. The van der Waals surface area contributed by atoms with E-state index in [-0.39, 0.29) is 11.8 Å². The maximum atomic E-state index is 12.6. The van der Waals surface area contributed by atoms with Crippen LogP contribution in [0.3, 0.4) is 0 Å². The zero-order chi connectivity index (χ0) is 20.0. The molecule has 0 aromatic heterocycles. The summed E-state index contributed by atoms with van der Waals surface area (Å²) >= 11 is 0. The summed E-state index contributed by atoms with van der Waals surface area (Å²) in [6, 6.07) is 18.4. The SMILES string of the molecule is CN(C)c1ccc([C@H](CNS(=O)(=O)CCc2ccccc2)[NH+]2CCCC2)cc1. The molecule has 0 unspecified atom stereocenters. The maximum absolute atomic E-state index is 12.6. The monoisotopic (exact) mass is 402 g/mol. The lowest BCUT2D eigenvalue weighted by atomic mass is 10.1. The molecule has 6 heteroatoms. The maximum Gasteiger partial charge on any atom is 0.212 e. The van der Waals surface area contributed by atoms with Crippen LogP contribution >= 0.6 is 0 Å². The molecule has 0 spiro atoms. The number of hydrogen-bond acceptors (Lipinski definition) is 3. The number of sulfonamides is 1. The number of rotatable bonds is 9. The van der Waals surface area contributed by atoms with Crippen molar-refractivity contribution in [2.45, 2.75) is 25.3 Å². The summed E-state index contributed by atoms with van der Waals surface area (Å²) in [6.45, 7) is 2.66. The second-order valence-corrected chi connectivity index (χ2v) is 9.73. The minimum Gasteiger partial charge on any atom is -0.378 e. The Morgan fingerprint density at radius 3 is 2.25 bits per heavy atom. The Bertz CT molecular complexity index is 830. The van der Waals surface area contributed by atoms with Gasteiger partial charge in [-0.15, -0.1) is 0 Å². The van der Waals surface area contributed by atoms with Crippen molar-refractivity contribution >= 4 is 15.7 Å². The van der Waals surface area contributed by atoms with Crippen molar-refractivity contribution in [2.75, 3.05) is 44.4 Å². The highest BCUT2D eigenvalue weighted by Gasteiger charge is 2.28. The highest BCUT2D eigenvalue weighted by Crippen LogP contribution is 2.17. The first kappa shape index (κ1) is 20.8. The van der Waals surface area contributed by atoms with E-state index in [9.17, 15) is 8.42 Å². The van der Waals surface area contributed by atoms with Crippen molar-refractivity contribution < 1.29 is 13.3 Å². The fraction of sp³-hybridized carbons (Fsp3) is 0.455. The quantitative estimate of drug-likeness (QED) is 0.670. The second-order valence-electron chi connectivity index (χ2n) is 7.81. The van der Waals surface area contributed by atoms with Gasteiger partial charge >= 0.3 is 0 Å². The Morgan fingerprint density at radius 1 is 1.00 bits per heavy atom. The molecule has 2 aromatic carbocycles. The van der Waals surface area contributed by atoms with Crippen LogP contribution in [0.1, 0.15) is 30.0 Å². The van der Waals surface area contributed by atoms with E-state index in [0.29, 0.717) is 13.0 Å². The van der Waals surface area contributed by atoms with Gasteiger partial charge < -0.3 is 9.80 Å². The molecule has 0 saturated carbocycles. The molecule has 1 heterocycles. The first-order valence-electron chi connectivity index (χ1n) is 10.1. The van der Waals surface area contributed by atoms with E-state index < -0.39 is 10.0 Å². The van der Waals surface area contributed by atoms with Crippen LogP contribution in [0, 0.1) is 0 Å². The van der Waals surface area contributed by atoms with Crippen molar-refractivity contribution in [1.29, 1.82) is 0 Å². The number of likely N-dealkylation sites (tertiary alicyclic amines) is 1. The molecule has 1 atom stereocenters. The standard InChI is InChI=1S/C22H31N3O2S/c1-24(2)21-12-10-20(11-13-21)22(25-15-6-7-16-25)18-23-28(26,27)17-14-19-8-4-3-5-9-19/h3-5,8-13,22-23H,6-7,14-18H2,1-2H3/p+1/t22-/m0/s1. The molecule has 3 rings (SSSR count). The van der Waals surface area contributed by atoms with Gasteiger partial charge in [0.15, 0.2) is 0 Å². The Hall–Kier alpha value is -1.89. The van der Waals surface area contributed by atoms with Gasteiger partial charge in [-0.05, 0) is 24.1 Å². The molecule has 0 amide bonds. The largest absolute Gasteiger partial charge is 0.378 e. The summed E-state index contributed by atoms with van der Waals surface area (Å²) in [5.41, 5.74) is 3.41. The smallest absolute Gasteiger partial charge is 0.212 e.